The van der Waals surface area contributed by atoms with Crippen LogP contribution >= 0.6 is 0 Å². The van der Waals surface area contributed by atoms with Crippen LogP contribution in [0, 0.1) is 0 Å². The number of hydrogen-bond donors (Lipinski definition) is 0. The van der Waals surface area contributed by atoms with Crippen molar-refractivity contribution in [2.24, 2.45) is 0 Å². The van der Waals surface area contributed by atoms with Crippen LogP contribution in [0.15, 0.2) is 70.0 Å². The molecule has 0 unspecified atom stereocenters. The summed E-state index contributed by atoms with van der Waals surface area (Å²) >= 11 is -2.93. The third-order valence-corrected chi connectivity index (χ3v) is 26.0. The zero-order valence-corrected chi connectivity index (χ0v) is 20.4. The van der Waals surface area contributed by atoms with Crippen molar-refractivity contribution in [3.05, 3.63) is 81.2 Å². The van der Waals surface area contributed by atoms with E-state index >= 15 is 0 Å². The number of halogens is 2. The SMILES string of the molecule is [CH3][Zr+2]([CH3])([SiH3])([C]1=CC=CC1)[CH]1c2ccccc2-c2ccccc21.[Cl-].[Cl-]. The number of hydrogen-bond acceptors (Lipinski definition) is 0. The summed E-state index contributed by atoms with van der Waals surface area (Å²) in [7, 11) is 1.33. The molecule has 0 spiro atoms. The first-order valence-corrected chi connectivity index (χ1v) is 24.2. The number of rotatable bonds is 2. The fourth-order valence-corrected chi connectivity index (χ4v) is 21.7. The minimum Gasteiger partial charge on any atom is -1.00 e. The number of fused-ring (bicyclic) bond motifs is 3. The fraction of sp³-hybridized carbons (Fsp3) is 0.200. The van der Waals surface area contributed by atoms with Crippen LogP contribution in [0.4, 0.5) is 0 Å². The minimum atomic E-state index is -2.93. The molecule has 0 saturated carbocycles. The monoisotopic (exact) mass is 451 g/mol. The average molecular weight is 454 g/mol. The van der Waals surface area contributed by atoms with Gasteiger partial charge in [0.05, 0.1) is 0 Å². The summed E-state index contributed by atoms with van der Waals surface area (Å²) < 4.78 is 7.85. The Bertz CT molecular complexity index is 785. The quantitative estimate of drug-likeness (QED) is 0.495. The molecule has 0 heterocycles. The zero-order valence-electron chi connectivity index (χ0n) is 14.4. The first-order chi connectivity index (χ1) is 10.5. The Morgan fingerprint density at radius 3 is 1.83 bits per heavy atom. The smallest absolute Gasteiger partial charge is 1.00 e. The van der Waals surface area contributed by atoms with Crippen molar-refractivity contribution in [2.75, 3.05) is 0 Å². The van der Waals surface area contributed by atoms with Crippen molar-refractivity contribution in [3.8, 4) is 11.1 Å². The maximum atomic E-state index is 2.69. The van der Waals surface area contributed by atoms with Crippen LogP contribution in [-0.4, -0.2) is 7.37 Å². The molecule has 0 aliphatic heterocycles. The van der Waals surface area contributed by atoms with Gasteiger partial charge in [-0.25, -0.2) is 0 Å². The number of allylic oxidation sites excluding steroid dienone is 4. The predicted octanol–water partition coefficient (Wildman–Crippen LogP) is -1.33. The van der Waals surface area contributed by atoms with Crippen LogP contribution in [0.3, 0.4) is 0 Å². The van der Waals surface area contributed by atoms with E-state index in [0.29, 0.717) is 3.63 Å². The van der Waals surface area contributed by atoms with E-state index in [0.717, 1.165) is 0 Å². The van der Waals surface area contributed by atoms with Gasteiger partial charge in [0.25, 0.3) is 0 Å². The van der Waals surface area contributed by atoms with E-state index in [1.54, 1.807) is 14.4 Å². The van der Waals surface area contributed by atoms with Gasteiger partial charge in [-0.15, -0.1) is 0 Å². The summed E-state index contributed by atoms with van der Waals surface area (Å²) in [5.41, 5.74) is 6.16. The zero-order chi connectivity index (χ0) is 15.4. The summed E-state index contributed by atoms with van der Waals surface area (Å²) in [6, 6.07) is 18.3. The molecule has 0 amide bonds. The molecule has 2 aromatic carbocycles. The molecule has 0 fully saturated rings. The Hall–Kier alpha value is -0.400. The molecule has 0 aromatic heterocycles. The largest absolute Gasteiger partial charge is 1.00 e. The van der Waals surface area contributed by atoms with Gasteiger partial charge in [0.1, 0.15) is 0 Å². The van der Waals surface area contributed by atoms with Gasteiger partial charge < -0.3 is 24.8 Å². The van der Waals surface area contributed by atoms with Crippen LogP contribution in [0.1, 0.15) is 21.2 Å². The van der Waals surface area contributed by atoms with Gasteiger partial charge in [0, 0.05) is 0 Å². The Balaban J connectivity index is 0.00000104. The maximum absolute atomic E-state index is 2.93. The summed E-state index contributed by atoms with van der Waals surface area (Å²) in [5.74, 6) is 0. The minimum absolute atomic E-state index is 0. The topological polar surface area (TPSA) is 0 Å². The molecule has 24 heavy (non-hydrogen) atoms. The van der Waals surface area contributed by atoms with E-state index in [-0.39, 0.29) is 24.8 Å². The Labute approximate surface area is 160 Å². The van der Waals surface area contributed by atoms with Crippen molar-refractivity contribution in [2.45, 2.75) is 19.3 Å². The molecular weight excluding hydrogens is 430 g/mol. The van der Waals surface area contributed by atoms with E-state index in [1.165, 1.54) is 24.9 Å². The van der Waals surface area contributed by atoms with Crippen molar-refractivity contribution in [1.29, 1.82) is 0 Å². The van der Waals surface area contributed by atoms with Gasteiger partial charge in [-0.05, 0) is 0 Å². The second-order valence-electron chi connectivity index (χ2n) is 8.19. The van der Waals surface area contributed by atoms with Gasteiger partial charge in [-0.2, -0.15) is 0 Å². The van der Waals surface area contributed by atoms with E-state index in [9.17, 15) is 0 Å². The average Bonchev–Trinajstić information content (AvgIpc) is 3.14. The second-order valence-corrected chi connectivity index (χ2v) is 45.4. The van der Waals surface area contributed by atoms with Crippen molar-refractivity contribution >= 4 is 7.37 Å². The summed E-state index contributed by atoms with van der Waals surface area (Å²) in [5, 5.41) is 0. The third kappa shape index (κ3) is 2.86. The first-order valence-electron chi connectivity index (χ1n) is 8.24. The van der Waals surface area contributed by atoms with E-state index < -0.39 is 17.9 Å². The molecule has 4 heteroatoms. The molecule has 0 N–H and O–H groups in total. The molecular formula is C20H23Cl2SiZr. The molecule has 0 bridgehead atoms. The Morgan fingerprint density at radius 1 is 0.875 bits per heavy atom. The molecule has 0 radical (unpaired) electrons. The first kappa shape index (κ1) is 19.9. The van der Waals surface area contributed by atoms with Crippen LogP contribution < -0.4 is 24.8 Å². The molecule has 125 valence electrons. The maximum Gasteiger partial charge on any atom is -1.00 e. The molecule has 0 saturated heterocycles. The molecule has 2 aliphatic carbocycles. The second kappa shape index (κ2) is 6.72. The van der Waals surface area contributed by atoms with Crippen molar-refractivity contribution in [3.63, 3.8) is 0 Å². The van der Waals surface area contributed by atoms with Gasteiger partial charge >= 0.3 is 137 Å². The molecule has 2 aliphatic rings. The van der Waals surface area contributed by atoms with Crippen LogP contribution in [-0.2, 0) is 17.9 Å². The third-order valence-electron chi connectivity index (χ3n) is 5.76. The molecule has 0 atom stereocenters. The van der Waals surface area contributed by atoms with Crippen molar-refractivity contribution in [1.82, 2.24) is 0 Å². The van der Waals surface area contributed by atoms with Gasteiger partial charge in [-0.1, -0.05) is 0 Å². The molecule has 2 aromatic rings. The molecule has 4 rings (SSSR count). The van der Waals surface area contributed by atoms with E-state index in [1.807, 2.05) is 0 Å². The summed E-state index contributed by atoms with van der Waals surface area (Å²) in [6.07, 6.45) is 8.27. The van der Waals surface area contributed by atoms with Crippen molar-refractivity contribution < 1.29 is 42.8 Å². The normalized spacial score (nSPS) is 16.0. The fourth-order valence-electron chi connectivity index (χ4n) is 4.54. The van der Waals surface area contributed by atoms with E-state index in [4.69, 9.17) is 0 Å². The van der Waals surface area contributed by atoms with Crippen LogP contribution in [0.2, 0.25) is 9.26 Å². The van der Waals surface area contributed by atoms with Crippen LogP contribution in [0.5, 0.6) is 0 Å². The number of benzene rings is 2. The summed E-state index contributed by atoms with van der Waals surface area (Å²) in [4.78, 5) is 0. The van der Waals surface area contributed by atoms with Gasteiger partial charge in [0.15, 0.2) is 0 Å². The Kier molecular flexibility index (Phi) is 5.58. The van der Waals surface area contributed by atoms with Crippen LogP contribution in [0.25, 0.3) is 11.1 Å². The van der Waals surface area contributed by atoms with Gasteiger partial charge in [-0.3, -0.25) is 0 Å². The standard InChI is InChI=1S/C13H9.C5H5.2CH3.2ClH.H3Si.Zr/c1-3-7-12-10(5-1)9-11-6-2-4-8-13(11)12;1-2-4-5-3-1;;;;;;/h1-9H;1-3H,4H2;2*1H3;2*1H;1H3;/q;;;;;;;+2/p-2. The van der Waals surface area contributed by atoms with Gasteiger partial charge in [0.2, 0.25) is 0 Å². The predicted molar refractivity (Wildman–Crippen MR) is 97.2 cm³/mol. The van der Waals surface area contributed by atoms with E-state index in [2.05, 4.69) is 76.0 Å². The Morgan fingerprint density at radius 2 is 1.38 bits per heavy atom. The summed E-state index contributed by atoms with van der Waals surface area (Å²) in [6.45, 7) is 0. The molecule has 0 nitrogen and oxygen atoms in total.